The van der Waals surface area contributed by atoms with Crippen molar-refractivity contribution in [2.24, 2.45) is 0 Å². The third-order valence-electron chi connectivity index (χ3n) is 3.00. The van der Waals surface area contributed by atoms with E-state index in [2.05, 4.69) is 11.4 Å². The zero-order valence-electron chi connectivity index (χ0n) is 12.3. The van der Waals surface area contributed by atoms with E-state index in [-0.39, 0.29) is 5.91 Å². The smallest absolute Gasteiger partial charge is 0.265 e. The number of ether oxygens (including phenoxy) is 1. The summed E-state index contributed by atoms with van der Waals surface area (Å²) in [6, 6.07) is 13.0. The van der Waals surface area contributed by atoms with Crippen LogP contribution in [0.1, 0.15) is 18.1 Å². The molecule has 110 valence electrons. The maximum atomic E-state index is 12.2. The third-order valence-corrected chi connectivity index (χ3v) is 3.31. The largest absolute Gasteiger partial charge is 0.479 e. The second-order valence-electron chi connectivity index (χ2n) is 5.06. The summed E-state index contributed by atoms with van der Waals surface area (Å²) < 4.78 is 5.60. The molecule has 2 aromatic carbocycles. The van der Waals surface area contributed by atoms with Crippen molar-refractivity contribution < 1.29 is 9.53 Å². The minimum Gasteiger partial charge on any atom is -0.479 e. The highest BCUT2D eigenvalue weighted by molar-refractivity contribution is 6.32. The molecule has 2 rings (SSSR count). The van der Waals surface area contributed by atoms with Crippen LogP contribution >= 0.6 is 11.6 Å². The summed E-state index contributed by atoms with van der Waals surface area (Å²) >= 11 is 6.02. The van der Waals surface area contributed by atoms with E-state index >= 15 is 0 Å². The predicted molar refractivity (Wildman–Crippen MR) is 86.1 cm³/mol. The lowest BCUT2D eigenvalue weighted by Gasteiger charge is -2.16. The van der Waals surface area contributed by atoms with E-state index in [0.717, 1.165) is 16.8 Å². The number of nitrogens with one attached hydrogen (secondary N) is 1. The van der Waals surface area contributed by atoms with Crippen molar-refractivity contribution in [2.75, 3.05) is 5.32 Å². The van der Waals surface area contributed by atoms with Crippen LogP contribution in [0.4, 0.5) is 5.69 Å². The fraction of sp³-hybridized carbons (Fsp3) is 0.235. The van der Waals surface area contributed by atoms with Crippen LogP contribution in [0.3, 0.4) is 0 Å². The number of amides is 1. The number of benzene rings is 2. The van der Waals surface area contributed by atoms with E-state index in [4.69, 9.17) is 16.3 Å². The second-order valence-corrected chi connectivity index (χ2v) is 5.46. The van der Waals surface area contributed by atoms with Crippen molar-refractivity contribution in [1.29, 1.82) is 0 Å². The van der Waals surface area contributed by atoms with E-state index in [1.165, 1.54) is 0 Å². The standard InChI is InChI=1S/C17H18ClNO2/c1-11-8-12(2)10-14(9-11)19-17(20)13(3)21-16-7-5-4-6-15(16)18/h4-10,13H,1-3H3,(H,19,20)/t13-/m0/s1. The average Bonchev–Trinajstić information content (AvgIpc) is 2.40. The van der Waals surface area contributed by atoms with Gasteiger partial charge in [0.2, 0.25) is 0 Å². The van der Waals surface area contributed by atoms with Crippen molar-refractivity contribution in [1.82, 2.24) is 0 Å². The minimum atomic E-state index is -0.634. The van der Waals surface area contributed by atoms with Crippen LogP contribution in [0.25, 0.3) is 0 Å². The highest BCUT2D eigenvalue weighted by Crippen LogP contribution is 2.24. The molecule has 0 aromatic heterocycles. The van der Waals surface area contributed by atoms with Gasteiger partial charge in [-0.05, 0) is 56.2 Å². The fourth-order valence-electron chi connectivity index (χ4n) is 2.08. The molecule has 21 heavy (non-hydrogen) atoms. The van der Waals surface area contributed by atoms with Crippen molar-refractivity contribution in [3.05, 3.63) is 58.6 Å². The summed E-state index contributed by atoms with van der Waals surface area (Å²) in [5, 5.41) is 3.35. The van der Waals surface area contributed by atoms with E-state index in [1.807, 2.05) is 38.1 Å². The minimum absolute atomic E-state index is 0.208. The van der Waals surface area contributed by atoms with Crippen LogP contribution in [0.5, 0.6) is 5.75 Å². The summed E-state index contributed by atoms with van der Waals surface area (Å²) in [7, 11) is 0. The van der Waals surface area contributed by atoms with Gasteiger partial charge in [0.25, 0.3) is 5.91 Å². The van der Waals surface area contributed by atoms with Gasteiger partial charge in [0.05, 0.1) is 5.02 Å². The Morgan fingerprint density at radius 2 is 1.76 bits per heavy atom. The van der Waals surface area contributed by atoms with Gasteiger partial charge < -0.3 is 10.1 Å². The lowest BCUT2D eigenvalue weighted by Crippen LogP contribution is -2.30. The van der Waals surface area contributed by atoms with Crippen LogP contribution in [-0.2, 0) is 4.79 Å². The highest BCUT2D eigenvalue weighted by Gasteiger charge is 2.16. The van der Waals surface area contributed by atoms with Gasteiger partial charge in [0.15, 0.2) is 6.10 Å². The van der Waals surface area contributed by atoms with Gasteiger partial charge in [-0.15, -0.1) is 0 Å². The summed E-state index contributed by atoms with van der Waals surface area (Å²) in [5.74, 6) is 0.294. The molecule has 0 fully saturated rings. The molecule has 0 heterocycles. The van der Waals surface area contributed by atoms with Crippen molar-refractivity contribution >= 4 is 23.2 Å². The number of rotatable bonds is 4. The number of hydrogen-bond acceptors (Lipinski definition) is 2. The molecule has 1 atom stereocenters. The van der Waals surface area contributed by atoms with E-state index in [0.29, 0.717) is 10.8 Å². The average molecular weight is 304 g/mol. The fourth-order valence-corrected chi connectivity index (χ4v) is 2.26. The molecule has 0 saturated carbocycles. The van der Waals surface area contributed by atoms with Crippen molar-refractivity contribution in [3.8, 4) is 5.75 Å². The SMILES string of the molecule is Cc1cc(C)cc(NC(=O)[C@H](C)Oc2ccccc2Cl)c1. The number of para-hydroxylation sites is 1. The zero-order valence-corrected chi connectivity index (χ0v) is 13.1. The Hall–Kier alpha value is -2.00. The molecule has 0 aliphatic rings. The van der Waals surface area contributed by atoms with Gasteiger partial charge in [-0.25, -0.2) is 0 Å². The Balaban J connectivity index is 2.04. The number of anilines is 1. The predicted octanol–water partition coefficient (Wildman–Crippen LogP) is 4.36. The van der Waals surface area contributed by atoms with Crippen LogP contribution < -0.4 is 10.1 Å². The molecule has 0 spiro atoms. The molecule has 1 amide bonds. The van der Waals surface area contributed by atoms with Gasteiger partial charge >= 0.3 is 0 Å². The van der Waals surface area contributed by atoms with E-state index in [9.17, 15) is 4.79 Å². The molecule has 1 N–H and O–H groups in total. The quantitative estimate of drug-likeness (QED) is 0.911. The molecule has 3 nitrogen and oxygen atoms in total. The normalized spacial score (nSPS) is 11.8. The first-order valence-electron chi connectivity index (χ1n) is 6.76. The van der Waals surface area contributed by atoms with E-state index < -0.39 is 6.10 Å². The molecule has 0 radical (unpaired) electrons. The number of halogens is 1. The highest BCUT2D eigenvalue weighted by atomic mass is 35.5. The maximum Gasteiger partial charge on any atom is 0.265 e. The monoisotopic (exact) mass is 303 g/mol. The Morgan fingerprint density at radius 1 is 1.14 bits per heavy atom. The number of aryl methyl sites for hydroxylation is 2. The van der Waals surface area contributed by atoms with Crippen LogP contribution in [0, 0.1) is 13.8 Å². The van der Waals surface area contributed by atoms with Gasteiger partial charge in [-0.1, -0.05) is 29.8 Å². The van der Waals surface area contributed by atoms with Gasteiger partial charge in [0, 0.05) is 5.69 Å². The Morgan fingerprint density at radius 3 is 2.38 bits per heavy atom. The zero-order chi connectivity index (χ0) is 15.4. The third kappa shape index (κ3) is 4.23. The van der Waals surface area contributed by atoms with E-state index in [1.54, 1.807) is 19.1 Å². The molecule has 0 aliphatic heterocycles. The summed E-state index contributed by atoms with van der Waals surface area (Å²) in [4.78, 5) is 12.2. The summed E-state index contributed by atoms with van der Waals surface area (Å²) in [5.41, 5.74) is 2.97. The number of carbonyl (C=O) groups excluding carboxylic acids is 1. The maximum absolute atomic E-state index is 12.2. The summed E-state index contributed by atoms with van der Waals surface area (Å²) in [6.07, 6.45) is -0.634. The second kappa shape index (κ2) is 6.64. The van der Waals surface area contributed by atoms with Crippen molar-refractivity contribution in [3.63, 3.8) is 0 Å². The van der Waals surface area contributed by atoms with Gasteiger partial charge in [-0.3, -0.25) is 4.79 Å². The molecule has 0 bridgehead atoms. The lowest BCUT2D eigenvalue weighted by atomic mass is 10.1. The van der Waals surface area contributed by atoms with Gasteiger partial charge in [0.1, 0.15) is 5.75 Å². The Bertz CT molecular complexity index is 635. The Labute approximate surface area is 129 Å². The summed E-state index contributed by atoms with van der Waals surface area (Å²) in [6.45, 7) is 5.68. The molecule has 0 saturated heterocycles. The topological polar surface area (TPSA) is 38.3 Å². The molecular formula is C17H18ClNO2. The first-order chi connectivity index (χ1) is 9.95. The molecule has 4 heteroatoms. The first-order valence-corrected chi connectivity index (χ1v) is 7.14. The first kappa shape index (κ1) is 15.4. The van der Waals surface area contributed by atoms with Crippen LogP contribution in [0.2, 0.25) is 5.02 Å². The number of hydrogen-bond donors (Lipinski definition) is 1. The van der Waals surface area contributed by atoms with Crippen molar-refractivity contribution in [2.45, 2.75) is 26.9 Å². The lowest BCUT2D eigenvalue weighted by molar-refractivity contribution is -0.122. The van der Waals surface area contributed by atoms with Crippen LogP contribution in [0.15, 0.2) is 42.5 Å². The van der Waals surface area contributed by atoms with Gasteiger partial charge in [-0.2, -0.15) is 0 Å². The number of carbonyl (C=O) groups is 1. The molecule has 0 unspecified atom stereocenters. The Kier molecular flexibility index (Phi) is 4.86. The molecular weight excluding hydrogens is 286 g/mol. The molecule has 0 aliphatic carbocycles. The molecule has 2 aromatic rings. The van der Waals surface area contributed by atoms with Crippen LogP contribution in [-0.4, -0.2) is 12.0 Å².